The van der Waals surface area contributed by atoms with Crippen LogP contribution in [0.1, 0.15) is 5.56 Å². The summed E-state index contributed by atoms with van der Waals surface area (Å²) in [7, 11) is 0. The van der Waals surface area contributed by atoms with Gasteiger partial charge in [0.25, 0.3) is 0 Å². The van der Waals surface area contributed by atoms with Crippen LogP contribution in [0.25, 0.3) is 16.5 Å². The summed E-state index contributed by atoms with van der Waals surface area (Å²) in [5.41, 5.74) is 2.44. The Morgan fingerprint density at radius 1 is 0.810 bits per heavy atom. The minimum absolute atomic E-state index is 1.10. The van der Waals surface area contributed by atoms with Crippen molar-refractivity contribution in [3.05, 3.63) is 87.1 Å². The third kappa shape index (κ3) is 5.27. The van der Waals surface area contributed by atoms with E-state index >= 15 is 0 Å². The molecule has 0 unspecified atom stereocenters. The fraction of sp³-hybridized carbons (Fsp3) is 0. The molecular weight excluding hydrogens is 408 g/mol. The van der Waals surface area contributed by atoms with Gasteiger partial charge in [0.15, 0.2) is 0 Å². The van der Waals surface area contributed by atoms with E-state index < -0.39 is 0 Å². The van der Waals surface area contributed by atoms with Crippen LogP contribution in [0, 0.1) is 0 Å². The molecule has 0 amide bonds. The molecule has 0 fully saturated rings. The first-order chi connectivity index (χ1) is 10.2. The van der Waals surface area contributed by atoms with E-state index in [4.69, 9.17) is 0 Å². The van der Waals surface area contributed by atoms with Gasteiger partial charge in [0, 0.05) is 13.8 Å². The molecule has 0 aliphatic carbocycles. The standard InChI is InChI=1S/C10H7BrS.C8H7Br/c11-9-5-3-8(4-6-9)10-2-1-7-12-10;1-2-7-3-5-8(9)6-4-7/h1-7H;2-6H,1H2. The second-order valence-corrected chi connectivity index (χ2v) is 7.02. The van der Waals surface area contributed by atoms with E-state index in [1.807, 2.05) is 30.3 Å². The third-order valence-electron chi connectivity index (χ3n) is 2.76. The number of thiophene rings is 1. The number of hydrogen-bond acceptors (Lipinski definition) is 1. The van der Waals surface area contributed by atoms with Crippen LogP contribution in [0.5, 0.6) is 0 Å². The predicted molar refractivity (Wildman–Crippen MR) is 102 cm³/mol. The van der Waals surface area contributed by atoms with Crippen molar-refractivity contribution >= 4 is 49.3 Å². The van der Waals surface area contributed by atoms with Gasteiger partial charge < -0.3 is 0 Å². The second-order valence-electron chi connectivity index (χ2n) is 4.24. The summed E-state index contributed by atoms with van der Waals surface area (Å²) in [5, 5.41) is 2.09. The Morgan fingerprint density at radius 2 is 1.38 bits per heavy atom. The topological polar surface area (TPSA) is 0 Å². The van der Waals surface area contributed by atoms with Crippen LogP contribution in [0.4, 0.5) is 0 Å². The Balaban J connectivity index is 0.000000161. The third-order valence-corrected chi connectivity index (χ3v) is 4.73. The molecule has 3 heteroatoms. The Labute approximate surface area is 146 Å². The van der Waals surface area contributed by atoms with Crippen LogP contribution in [0.15, 0.2) is 81.6 Å². The molecule has 0 saturated carbocycles. The number of hydrogen-bond donors (Lipinski definition) is 0. The normalized spacial score (nSPS) is 9.62. The van der Waals surface area contributed by atoms with Gasteiger partial charge >= 0.3 is 0 Å². The molecule has 2 aromatic carbocycles. The van der Waals surface area contributed by atoms with Crippen LogP contribution in [0.2, 0.25) is 0 Å². The summed E-state index contributed by atoms with van der Waals surface area (Å²) in [6, 6.07) is 20.6. The maximum absolute atomic E-state index is 3.65. The fourth-order valence-electron chi connectivity index (χ4n) is 1.66. The summed E-state index contributed by atoms with van der Waals surface area (Å²) in [5.74, 6) is 0. The highest BCUT2D eigenvalue weighted by Gasteiger charge is 1.96. The monoisotopic (exact) mass is 420 g/mol. The number of benzene rings is 2. The second kappa shape index (κ2) is 8.32. The van der Waals surface area contributed by atoms with Crippen molar-refractivity contribution in [3.63, 3.8) is 0 Å². The van der Waals surface area contributed by atoms with E-state index in [1.54, 1.807) is 11.3 Å². The van der Waals surface area contributed by atoms with Crippen molar-refractivity contribution in [2.45, 2.75) is 0 Å². The SMILES string of the molecule is Brc1ccc(-c2cccs2)cc1.C=Cc1ccc(Br)cc1. The zero-order valence-corrected chi connectivity index (χ0v) is 15.3. The summed E-state index contributed by atoms with van der Waals surface area (Å²) < 4.78 is 2.23. The molecule has 0 atom stereocenters. The van der Waals surface area contributed by atoms with Crippen molar-refractivity contribution in [2.75, 3.05) is 0 Å². The zero-order valence-electron chi connectivity index (χ0n) is 11.3. The largest absolute Gasteiger partial charge is 0.144 e. The number of rotatable bonds is 2. The molecule has 3 rings (SSSR count). The molecule has 0 spiro atoms. The molecule has 106 valence electrons. The van der Waals surface area contributed by atoms with Gasteiger partial charge in [-0.15, -0.1) is 11.3 Å². The fourth-order valence-corrected chi connectivity index (χ4v) is 2.92. The zero-order chi connectivity index (χ0) is 15.1. The van der Waals surface area contributed by atoms with E-state index in [2.05, 4.69) is 80.2 Å². The lowest BCUT2D eigenvalue weighted by Gasteiger charge is -1.95. The highest BCUT2D eigenvalue weighted by molar-refractivity contribution is 9.10. The van der Waals surface area contributed by atoms with Crippen LogP contribution >= 0.6 is 43.2 Å². The van der Waals surface area contributed by atoms with Crippen LogP contribution in [-0.4, -0.2) is 0 Å². The van der Waals surface area contributed by atoms with Crippen molar-refractivity contribution in [2.24, 2.45) is 0 Å². The van der Waals surface area contributed by atoms with Gasteiger partial charge in [-0.3, -0.25) is 0 Å². The first-order valence-electron chi connectivity index (χ1n) is 6.36. The molecule has 0 saturated heterocycles. The van der Waals surface area contributed by atoms with Crippen molar-refractivity contribution in [1.29, 1.82) is 0 Å². The summed E-state index contributed by atoms with van der Waals surface area (Å²) in [4.78, 5) is 1.32. The first kappa shape index (κ1) is 16.2. The van der Waals surface area contributed by atoms with Crippen molar-refractivity contribution < 1.29 is 0 Å². The molecule has 0 N–H and O–H groups in total. The minimum Gasteiger partial charge on any atom is -0.144 e. The smallest absolute Gasteiger partial charge is 0.0342 e. The van der Waals surface area contributed by atoms with Crippen molar-refractivity contribution in [3.8, 4) is 10.4 Å². The minimum atomic E-state index is 1.10. The lowest BCUT2D eigenvalue weighted by molar-refractivity contribution is 1.62. The molecule has 3 aromatic rings. The maximum atomic E-state index is 3.65. The van der Waals surface area contributed by atoms with Gasteiger partial charge in [-0.05, 0) is 46.8 Å². The van der Waals surface area contributed by atoms with Gasteiger partial charge in [0.2, 0.25) is 0 Å². The molecule has 0 nitrogen and oxygen atoms in total. The summed E-state index contributed by atoms with van der Waals surface area (Å²) in [6.07, 6.45) is 1.83. The lowest BCUT2D eigenvalue weighted by Crippen LogP contribution is -1.69. The van der Waals surface area contributed by atoms with Gasteiger partial charge in [-0.1, -0.05) is 74.8 Å². The van der Waals surface area contributed by atoms with E-state index in [1.165, 1.54) is 10.4 Å². The van der Waals surface area contributed by atoms with Gasteiger partial charge in [-0.2, -0.15) is 0 Å². The van der Waals surface area contributed by atoms with Crippen LogP contribution in [0.3, 0.4) is 0 Å². The Kier molecular flexibility index (Phi) is 6.43. The van der Waals surface area contributed by atoms with E-state index in [0.29, 0.717) is 0 Å². The molecular formula is C18H14Br2S. The average Bonchev–Trinajstić information content (AvgIpc) is 3.04. The highest BCUT2D eigenvalue weighted by atomic mass is 79.9. The quantitative estimate of drug-likeness (QED) is 0.408. The molecule has 1 aromatic heterocycles. The van der Waals surface area contributed by atoms with E-state index in [-0.39, 0.29) is 0 Å². The Morgan fingerprint density at radius 3 is 1.86 bits per heavy atom. The summed E-state index contributed by atoms with van der Waals surface area (Å²) >= 11 is 8.52. The number of halogens is 2. The van der Waals surface area contributed by atoms with Crippen LogP contribution in [-0.2, 0) is 0 Å². The predicted octanol–water partition coefficient (Wildman–Crippen LogP) is 7.27. The maximum Gasteiger partial charge on any atom is 0.0342 e. The molecule has 0 radical (unpaired) electrons. The first-order valence-corrected chi connectivity index (χ1v) is 8.83. The van der Waals surface area contributed by atoms with Gasteiger partial charge in [-0.25, -0.2) is 0 Å². The Hall–Kier alpha value is -1.16. The van der Waals surface area contributed by atoms with E-state index in [0.717, 1.165) is 14.5 Å². The van der Waals surface area contributed by atoms with Gasteiger partial charge in [0.1, 0.15) is 0 Å². The summed E-state index contributed by atoms with van der Waals surface area (Å²) in [6.45, 7) is 3.65. The highest BCUT2D eigenvalue weighted by Crippen LogP contribution is 2.25. The Bertz CT molecular complexity index is 668. The lowest BCUT2D eigenvalue weighted by atomic mass is 10.2. The van der Waals surface area contributed by atoms with Gasteiger partial charge in [0.05, 0.1) is 0 Å². The molecule has 0 aliphatic heterocycles. The molecule has 0 bridgehead atoms. The molecule has 1 heterocycles. The molecule has 21 heavy (non-hydrogen) atoms. The molecule has 0 aliphatic rings. The average molecular weight is 422 g/mol. The van der Waals surface area contributed by atoms with E-state index in [9.17, 15) is 0 Å². The van der Waals surface area contributed by atoms with Crippen molar-refractivity contribution in [1.82, 2.24) is 0 Å². The van der Waals surface area contributed by atoms with Crippen LogP contribution < -0.4 is 0 Å².